The van der Waals surface area contributed by atoms with Crippen LogP contribution in [0, 0.1) is 5.41 Å². The van der Waals surface area contributed by atoms with Crippen molar-refractivity contribution in [3.63, 3.8) is 0 Å². The first-order chi connectivity index (χ1) is 8.67. The summed E-state index contributed by atoms with van der Waals surface area (Å²) in [5.74, 6) is 0. The minimum absolute atomic E-state index is 0.548. The van der Waals surface area contributed by atoms with Gasteiger partial charge in [0.05, 0.1) is 0 Å². The molecule has 1 aromatic carbocycles. The average Bonchev–Trinajstić information content (AvgIpc) is 3.10. The van der Waals surface area contributed by atoms with Crippen molar-refractivity contribution in [3.05, 3.63) is 35.4 Å². The Hall–Kier alpha value is -0.860. The van der Waals surface area contributed by atoms with Gasteiger partial charge in [0.1, 0.15) is 0 Å². The Labute approximate surface area is 111 Å². The molecule has 0 amide bonds. The topological polar surface area (TPSA) is 29.3 Å². The Morgan fingerprint density at radius 1 is 1.17 bits per heavy atom. The third-order valence-corrected chi connectivity index (χ3v) is 4.12. The molecule has 0 radical (unpaired) electrons. The Bertz CT molecular complexity index is 365. The van der Waals surface area contributed by atoms with E-state index >= 15 is 0 Å². The molecule has 0 atom stereocenters. The SMILES string of the molecule is CCc1ccc(CN(C)CC2(CCN)CC2)cc1. The van der Waals surface area contributed by atoms with Gasteiger partial charge in [-0.25, -0.2) is 0 Å². The summed E-state index contributed by atoms with van der Waals surface area (Å²) in [7, 11) is 2.23. The summed E-state index contributed by atoms with van der Waals surface area (Å²) < 4.78 is 0. The van der Waals surface area contributed by atoms with E-state index in [1.165, 1.54) is 36.9 Å². The highest BCUT2D eigenvalue weighted by molar-refractivity contribution is 5.22. The van der Waals surface area contributed by atoms with Crippen LogP contribution in [-0.4, -0.2) is 25.0 Å². The summed E-state index contributed by atoms with van der Waals surface area (Å²) in [6.07, 6.45) is 5.04. The Morgan fingerprint density at radius 3 is 2.28 bits per heavy atom. The van der Waals surface area contributed by atoms with Crippen LogP contribution in [0.4, 0.5) is 0 Å². The van der Waals surface area contributed by atoms with E-state index < -0.39 is 0 Å². The Morgan fingerprint density at radius 2 is 1.78 bits per heavy atom. The van der Waals surface area contributed by atoms with E-state index in [0.29, 0.717) is 5.41 Å². The van der Waals surface area contributed by atoms with Crippen molar-refractivity contribution >= 4 is 0 Å². The average molecular weight is 246 g/mol. The zero-order valence-corrected chi connectivity index (χ0v) is 11.8. The van der Waals surface area contributed by atoms with E-state index in [9.17, 15) is 0 Å². The number of benzene rings is 1. The molecule has 0 spiro atoms. The molecule has 2 rings (SSSR count). The highest BCUT2D eigenvalue weighted by Crippen LogP contribution is 2.48. The van der Waals surface area contributed by atoms with Gasteiger partial charge in [-0.15, -0.1) is 0 Å². The van der Waals surface area contributed by atoms with Crippen molar-refractivity contribution in [1.82, 2.24) is 4.90 Å². The molecule has 1 aliphatic rings. The van der Waals surface area contributed by atoms with Gasteiger partial charge in [-0.05, 0) is 55.8 Å². The Balaban J connectivity index is 1.84. The normalized spacial score (nSPS) is 17.1. The molecule has 0 bridgehead atoms. The van der Waals surface area contributed by atoms with Crippen LogP contribution < -0.4 is 5.73 Å². The summed E-state index contributed by atoms with van der Waals surface area (Å²) in [6, 6.07) is 9.02. The molecule has 0 aromatic heterocycles. The minimum atomic E-state index is 0.548. The molecular formula is C16H26N2. The van der Waals surface area contributed by atoms with Gasteiger partial charge in [0, 0.05) is 13.1 Å². The smallest absolute Gasteiger partial charge is 0.0230 e. The lowest BCUT2D eigenvalue weighted by atomic mass is 10.0. The summed E-state index contributed by atoms with van der Waals surface area (Å²) in [4.78, 5) is 2.45. The van der Waals surface area contributed by atoms with Gasteiger partial charge in [0.25, 0.3) is 0 Å². The largest absolute Gasteiger partial charge is 0.330 e. The summed E-state index contributed by atoms with van der Waals surface area (Å²) in [5, 5.41) is 0. The predicted molar refractivity (Wildman–Crippen MR) is 77.5 cm³/mol. The van der Waals surface area contributed by atoms with E-state index in [1.54, 1.807) is 0 Å². The van der Waals surface area contributed by atoms with Crippen LogP contribution in [0.15, 0.2) is 24.3 Å². The van der Waals surface area contributed by atoms with Gasteiger partial charge in [0.15, 0.2) is 0 Å². The number of nitrogens with two attached hydrogens (primary N) is 1. The summed E-state index contributed by atoms with van der Waals surface area (Å²) in [6.45, 7) is 5.28. The van der Waals surface area contributed by atoms with Crippen LogP contribution in [0.3, 0.4) is 0 Å². The summed E-state index contributed by atoms with van der Waals surface area (Å²) >= 11 is 0. The van der Waals surface area contributed by atoms with E-state index in [-0.39, 0.29) is 0 Å². The number of aryl methyl sites for hydroxylation is 1. The maximum Gasteiger partial charge on any atom is 0.0230 e. The standard InChI is InChI=1S/C16H26N2/c1-3-14-4-6-15(7-5-14)12-18(2)13-16(8-9-16)10-11-17/h4-7H,3,8-13,17H2,1-2H3. The van der Waals surface area contributed by atoms with Crippen LogP contribution in [0.25, 0.3) is 0 Å². The first kappa shape index (κ1) is 13.6. The van der Waals surface area contributed by atoms with Crippen molar-refractivity contribution in [2.45, 2.75) is 39.2 Å². The third kappa shape index (κ3) is 3.56. The fourth-order valence-electron chi connectivity index (χ4n) is 2.79. The Kier molecular flexibility index (Phi) is 4.41. The van der Waals surface area contributed by atoms with Crippen molar-refractivity contribution in [3.8, 4) is 0 Å². The highest BCUT2D eigenvalue weighted by atomic mass is 15.1. The molecule has 2 nitrogen and oxygen atoms in total. The maximum absolute atomic E-state index is 5.70. The molecule has 100 valence electrons. The van der Waals surface area contributed by atoms with Crippen LogP contribution in [0.1, 0.15) is 37.3 Å². The number of hydrogen-bond donors (Lipinski definition) is 1. The quantitative estimate of drug-likeness (QED) is 0.801. The lowest BCUT2D eigenvalue weighted by molar-refractivity contribution is 0.248. The number of rotatable bonds is 7. The van der Waals surface area contributed by atoms with Crippen molar-refractivity contribution in [2.24, 2.45) is 11.1 Å². The molecule has 1 saturated carbocycles. The van der Waals surface area contributed by atoms with Gasteiger partial charge >= 0.3 is 0 Å². The van der Waals surface area contributed by atoms with Crippen LogP contribution in [0.2, 0.25) is 0 Å². The van der Waals surface area contributed by atoms with Gasteiger partial charge in [0.2, 0.25) is 0 Å². The molecule has 1 aromatic rings. The van der Waals surface area contributed by atoms with Crippen LogP contribution >= 0.6 is 0 Å². The van der Waals surface area contributed by atoms with Gasteiger partial charge in [-0.2, -0.15) is 0 Å². The fraction of sp³-hybridized carbons (Fsp3) is 0.625. The first-order valence-corrected chi connectivity index (χ1v) is 7.14. The monoisotopic (exact) mass is 246 g/mol. The summed E-state index contributed by atoms with van der Waals surface area (Å²) in [5.41, 5.74) is 9.08. The van der Waals surface area contributed by atoms with Gasteiger partial charge < -0.3 is 10.6 Å². The zero-order valence-electron chi connectivity index (χ0n) is 11.8. The molecular weight excluding hydrogens is 220 g/mol. The highest BCUT2D eigenvalue weighted by Gasteiger charge is 2.42. The lowest BCUT2D eigenvalue weighted by Gasteiger charge is -2.23. The van der Waals surface area contributed by atoms with Crippen molar-refractivity contribution in [1.29, 1.82) is 0 Å². The van der Waals surface area contributed by atoms with E-state index in [4.69, 9.17) is 5.73 Å². The minimum Gasteiger partial charge on any atom is -0.330 e. The predicted octanol–water partition coefficient (Wildman–Crippen LogP) is 2.81. The molecule has 2 heteroatoms. The number of nitrogens with zero attached hydrogens (tertiary/aromatic N) is 1. The van der Waals surface area contributed by atoms with Crippen molar-refractivity contribution < 1.29 is 0 Å². The van der Waals surface area contributed by atoms with Gasteiger partial charge in [-0.1, -0.05) is 31.2 Å². The molecule has 0 saturated heterocycles. The molecule has 1 fully saturated rings. The zero-order chi connectivity index (χ0) is 13.0. The molecule has 0 aliphatic heterocycles. The first-order valence-electron chi connectivity index (χ1n) is 7.14. The second-order valence-electron chi connectivity index (χ2n) is 5.88. The maximum atomic E-state index is 5.70. The third-order valence-electron chi connectivity index (χ3n) is 4.12. The molecule has 2 N–H and O–H groups in total. The molecule has 0 unspecified atom stereocenters. The number of hydrogen-bond acceptors (Lipinski definition) is 2. The van der Waals surface area contributed by atoms with Crippen LogP contribution in [-0.2, 0) is 13.0 Å². The lowest BCUT2D eigenvalue weighted by Crippen LogP contribution is -2.27. The van der Waals surface area contributed by atoms with E-state index in [0.717, 1.165) is 19.5 Å². The second-order valence-corrected chi connectivity index (χ2v) is 5.88. The van der Waals surface area contributed by atoms with Crippen LogP contribution in [0.5, 0.6) is 0 Å². The fourth-order valence-corrected chi connectivity index (χ4v) is 2.79. The molecule has 0 heterocycles. The second kappa shape index (κ2) is 5.85. The molecule has 1 aliphatic carbocycles. The van der Waals surface area contributed by atoms with Gasteiger partial charge in [-0.3, -0.25) is 0 Å². The van der Waals surface area contributed by atoms with Crippen molar-refractivity contribution in [2.75, 3.05) is 20.1 Å². The molecule has 18 heavy (non-hydrogen) atoms. The van der Waals surface area contributed by atoms with E-state index in [2.05, 4.69) is 43.1 Å². The van der Waals surface area contributed by atoms with E-state index in [1.807, 2.05) is 0 Å².